The van der Waals surface area contributed by atoms with Crippen molar-refractivity contribution in [1.29, 1.82) is 5.26 Å². The van der Waals surface area contributed by atoms with Crippen LogP contribution in [0.2, 0.25) is 0 Å². The molecule has 0 unspecified atom stereocenters. The first-order valence-electron chi connectivity index (χ1n) is 5.54. The molecule has 5 heteroatoms. The van der Waals surface area contributed by atoms with E-state index in [0.717, 1.165) is 19.3 Å². The number of pyridine rings is 1. The van der Waals surface area contributed by atoms with Gasteiger partial charge in [-0.3, -0.25) is 4.98 Å². The highest BCUT2D eigenvalue weighted by molar-refractivity contribution is 5.65. The number of hydrogen-bond donors (Lipinski definition) is 3. The number of nitrogens with two attached hydrogens (primary N) is 2. The van der Waals surface area contributed by atoms with Gasteiger partial charge in [-0.25, -0.2) is 5.84 Å². The molecule has 0 aromatic carbocycles. The van der Waals surface area contributed by atoms with Gasteiger partial charge in [0.25, 0.3) is 0 Å². The maximum Gasteiger partial charge on any atom is 0.153 e. The van der Waals surface area contributed by atoms with Crippen molar-refractivity contribution in [2.24, 2.45) is 11.6 Å². The lowest BCUT2D eigenvalue weighted by atomic mass is 10.1. The highest BCUT2D eigenvalue weighted by atomic mass is 15.2. The number of rotatable bonds is 5. The van der Waals surface area contributed by atoms with Crippen molar-refractivity contribution in [3.8, 4) is 6.07 Å². The minimum absolute atomic E-state index is 0.124. The summed E-state index contributed by atoms with van der Waals surface area (Å²) in [6.45, 7) is 2.15. The second-order valence-electron chi connectivity index (χ2n) is 3.70. The van der Waals surface area contributed by atoms with Gasteiger partial charge < -0.3 is 11.2 Å². The third-order valence-corrected chi connectivity index (χ3v) is 2.45. The number of nitrogens with zero attached hydrogens (tertiary/aromatic N) is 2. The van der Waals surface area contributed by atoms with Gasteiger partial charge in [-0.15, -0.1) is 0 Å². The molecule has 17 heavy (non-hydrogen) atoms. The van der Waals surface area contributed by atoms with Gasteiger partial charge in [0.05, 0.1) is 11.4 Å². The van der Waals surface area contributed by atoms with Gasteiger partial charge in [0, 0.05) is 6.20 Å². The number of nitriles is 1. The van der Waals surface area contributed by atoms with E-state index in [1.807, 2.05) is 12.1 Å². The Balaban J connectivity index is 2.88. The number of allylic oxidation sites excluding steroid dienone is 1. The number of unbranched alkanes of at least 4 members (excludes halogenated alkanes) is 1. The highest BCUT2D eigenvalue weighted by Crippen LogP contribution is 2.11. The molecule has 0 bridgehead atoms. The average Bonchev–Trinajstić information content (AvgIpc) is 2.38. The third-order valence-electron chi connectivity index (χ3n) is 2.45. The second-order valence-corrected chi connectivity index (χ2v) is 3.70. The first-order valence-corrected chi connectivity index (χ1v) is 5.54. The van der Waals surface area contributed by atoms with E-state index in [4.69, 9.17) is 16.8 Å². The Morgan fingerprint density at radius 2 is 2.29 bits per heavy atom. The number of hydrazine groups is 1. The molecule has 0 amide bonds. The molecule has 1 heterocycles. The Bertz CT molecular complexity index is 427. The summed E-state index contributed by atoms with van der Waals surface area (Å²) in [5.74, 6) is 5.18. The van der Waals surface area contributed by atoms with Gasteiger partial charge in [-0.2, -0.15) is 5.26 Å². The number of nitrogens with one attached hydrogen (secondary N) is 1. The Kier molecular flexibility index (Phi) is 4.98. The predicted octanol–water partition coefficient (Wildman–Crippen LogP) is 1.04. The fraction of sp³-hybridized carbons (Fsp3) is 0.333. The minimum Gasteiger partial charge on any atom is -0.395 e. The molecular formula is C12H17N5. The fourth-order valence-electron chi connectivity index (χ4n) is 1.41. The summed E-state index contributed by atoms with van der Waals surface area (Å²) < 4.78 is 0. The van der Waals surface area contributed by atoms with E-state index in [1.165, 1.54) is 5.56 Å². The molecule has 0 aliphatic heterocycles. The molecular weight excluding hydrogens is 214 g/mol. The van der Waals surface area contributed by atoms with E-state index in [-0.39, 0.29) is 11.4 Å². The summed E-state index contributed by atoms with van der Waals surface area (Å²) in [6, 6.07) is 5.65. The quantitative estimate of drug-likeness (QED) is 0.399. The van der Waals surface area contributed by atoms with Crippen LogP contribution in [-0.2, 0) is 6.42 Å². The number of hydrogen-bond acceptors (Lipinski definition) is 5. The lowest BCUT2D eigenvalue weighted by Gasteiger charge is -2.05. The van der Waals surface area contributed by atoms with E-state index in [0.29, 0.717) is 5.69 Å². The zero-order chi connectivity index (χ0) is 12.7. The monoisotopic (exact) mass is 231 g/mol. The zero-order valence-corrected chi connectivity index (χ0v) is 9.90. The molecule has 0 saturated carbocycles. The van der Waals surface area contributed by atoms with E-state index in [2.05, 4.69) is 17.3 Å². The first-order chi connectivity index (χ1) is 8.22. The van der Waals surface area contributed by atoms with Crippen molar-refractivity contribution < 1.29 is 0 Å². The normalized spacial score (nSPS) is 11.6. The van der Waals surface area contributed by atoms with Gasteiger partial charge in [0.15, 0.2) is 5.70 Å². The van der Waals surface area contributed by atoms with Crippen LogP contribution in [-0.4, -0.2) is 4.98 Å². The van der Waals surface area contributed by atoms with Gasteiger partial charge in [0.1, 0.15) is 6.07 Å². The molecule has 1 aromatic heterocycles. The largest absolute Gasteiger partial charge is 0.395 e. The van der Waals surface area contributed by atoms with Gasteiger partial charge in [0.2, 0.25) is 0 Å². The van der Waals surface area contributed by atoms with Crippen LogP contribution in [0.1, 0.15) is 31.0 Å². The maximum atomic E-state index is 8.77. The van der Waals surface area contributed by atoms with Gasteiger partial charge in [-0.1, -0.05) is 19.4 Å². The molecule has 0 radical (unpaired) electrons. The Hall–Kier alpha value is -2.06. The molecule has 0 spiro atoms. The van der Waals surface area contributed by atoms with E-state index in [1.54, 1.807) is 12.3 Å². The van der Waals surface area contributed by atoms with E-state index >= 15 is 0 Å². The molecule has 0 saturated heterocycles. The smallest absolute Gasteiger partial charge is 0.153 e. The molecule has 90 valence electrons. The van der Waals surface area contributed by atoms with E-state index < -0.39 is 0 Å². The summed E-state index contributed by atoms with van der Waals surface area (Å²) >= 11 is 0. The molecule has 0 atom stereocenters. The molecule has 0 aliphatic carbocycles. The molecule has 0 aliphatic rings. The zero-order valence-electron chi connectivity index (χ0n) is 9.90. The van der Waals surface area contributed by atoms with Crippen molar-refractivity contribution in [3.05, 3.63) is 35.3 Å². The predicted molar refractivity (Wildman–Crippen MR) is 66.9 cm³/mol. The van der Waals surface area contributed by atoms with Crippen molar-refractivity contribution in [1.82, 2.24) is 10.4 Å². The van der Waals surface area contributed by atoms with E-state index in [9.17, 15) is 0 Å². The van der Waals surface area contributed by atoms with Crippen LogP contribution in [0.4, 0.5) is 0 Å². The van der Waals surface area contributed by atoms with Crippen LogP contribution in [0.5, 0.6) is 0 Å². The Labute approximate surface area is 101 Å². The minimum atomic E-state index is 0.124. The van der Waals surface area contributed by atoms with Crippen molar-refractivity contribution >= 4 is 5.70 Å². The fourth-order valence-corrected chi connectivity index (χ4v) is 1.41. The van der Waals surface area contributed by atoms with Crippen LogP contribution in [0.25, 0.3) is 5.70 Å². The second kappa shape index (κ2) is 6.51. The van der Waals surface area contributed by atoms with Crippen molar-refractivity contribution in [2.45, 2.75) is 26.2 Å². The van der Waals surface area contributed by atoms with Crippen LogP contribution in [0, 0.1) is 11.3 Å². The van der Waals surface area contributed by atoms with Crippen LogP contribution >= 0.6 is 0 Å². The third kappa shape index (κ3) is 3.47. The van der Waals surface area contributed by atoms with Crippen molar-refractivity contribution in [3.63, 3.8) is 0 Å². The summed E-state index contributed by atoms with van der Waals surface area (Å²) in [7, 11) is 0. The van der Waals surface area contributed by atoms with Crippen LogP contribution in [0.15, 0.2) is 24.0 Å². The molecule has 0 fully saturated rings. The summed E-state index contributed by atoms with van der Waals surface area (Å²) in [5, 5.41) is 8.77. The standard InChI is InChI=1S/C12H17N5/c1-2-3-4-9-5-6-10(16-8-9)12(14)11(7-13)17-15/h5-6,8,17H,2-4,14-15H2,1H3/b12-11-. The van der Waals surface area contributed by atoms with Gasteiger partial charge in [-0.05, 0) is 24.5 Å². The maximum absolute atomic E-state index is 8.77. The molecule has 5 N–H and O–H groups in total. The first kappa shape index (κ1) is 13.0. The Morgan fingerprint density at radius 1 is 1.53 bits per heavy atom. The summed E-state index contributed by atoms with van der Waals surface area (Å²) in [4.78, 5) is 4.22. The average molecular weight is 231 g/mol. The molecule has 5 nitrogen and oxygen atoms in total. The van der Waals surface area contributed by atoms with Crippen LogP contribution < -0.4 is 17.0 Å². The van der Waals surface area contributed by atoms with Crippen LogP contribution in [0.3, 0.4) is 0 Å². The number of aryl methyl sites for hydroxylation is 1. The highest BCUT2D eigenvalue weighted by Gasteiger charge is 2.05. The number of aromatic nitrogens is 1. The SMILES string of the molecule is CCCCc1ccc(/C(N)=C(\C#N)NN)nc1. The summed E-state index contributed by atoms with van der Waals surface area (Å²) in [5.41, 5.74) is 10.1. The van der Waals surface area contributed by atoms with Crippen molar-refractivity contribution in [2.75, 3.05) is 0 Å². The lowest BCUT2D eigenvalue weighted by Crippen LogP contribution is -2.23. The summed E-state index contributed by atoms with van der Waals surface area (Å²) in [6.07, 6.45) is 5.08. The molecule has 1 aromatic rings. The topological polar surface area (TPSA) is 101 Å². The Morgan fingerprint density at radius 3 is 2.76 bits per heavy atom. The van der Waals surface area contributed by atoms with Gasteiger partial charge >= 0.3 is 0 Å². The lowest BCUT2D eigenvalue weighted by molar-refractivity contribution is 0.791. The molecule has 1 rings (SSSR count).